The molecule has 0 aromatic carbocycles. The van der Waals surface area contributed by atoms with E-state index in [1.54, 1.807) is 5.38 Å². The van der Waals surface area contributed by atoms with E-state index in [0.717, 1.165) is 5.01 Å². The Morgan fingerprint density at radius 2 is 2.38 bits per heavy atom. The van der Waals surface area contributed by atoms with Crippen molar-refractivity contribution in [2.75, 3.05) is 24.6 Å². The third-order valence-electron chi connectivity index (χ3n) is 3.30. The number of hydrogen-bond acceptors (Lipinski definition) is 6. The van der Waals surface area contributed by atoms with Crippen LogP contribution in [-0.4, -0.2) is 54.8 Å². The standard InChI is InChI=1S/C13H17N3O3S2/c1-2-6-16(10-4-7-21(18,19)9-10)13(17)11-8-20-12(15-11)3-5-14/h1,8,10H,3-7,9,14H2. The molecule has 0 aliphatic carbocycles. The van der Waals surface area contributed by atoms with Crippen LogP contribution in [0.5, 0.6) is 0 Å². The molecule has 1 aliphatic rings. The van der Waals surface area contributed by atoms with Gasteiger partial charge in [-0.05, 0) is 13.0 Å². The van der Waals surface area contributed by atoms with Crippen molar-refractivity contribution >= 4 is 27.1 Å². The molecule has 2 heterocycles. The molecule has 114 valence electrons. The van der Waals surface area contributed by atoms with Crippen LogP contribution >= 0.6 is 11.3 Å². The minimum absolute atomic E-state index is 0.0276. The van der Waals surface area contributed by atoms with Crippen molar-refractivity contribution in [3.63, 3.8) is 0 Å². The predicted molar refractivity (Wildman–Crippen MR) is 81.8 cm³/mol. The highest BCUT2D eigenvalue weighted by molar-refractivity contribution is 7.91. The van der Waals surface area contributed by atoms with E-state index in [4.69, 9.17) is 12.2 Å². The molecule has 2 rings (SSSR count). The fourth-order valence-corrected chi connectivity index (χ4v) is 4.80. The number of aromatic nitrogens is 1. The summed E-state index contributed by atoms with van der Waals surface area (Å²) in [7, 11) is -3.07. The predicted octanol–water partition coefficient (Wildman–Crippen LogP) is -0.0932. The molecule has 2 N–H and O–H groups in total. The number of hydrogen-bond donors (Lipinski definition) is 1. The maximum Gasteiger partial charge on any atom is 0.274 e. The van der Waals surface area contributed by atoms with Crippen LogP contribution in [0.25, 0.3) is 0 Å². The minimum atomic E-state index is -3.07. The minimum Gasteiger partial charge on any atom is -0.330 e. The normalized spacial score (nSPS) is 20.1. The molecule has 1 fully saturated rings. The lowest BCUT2D eigenvalue weighted by atomic mass is 10.2. The molecule has 1 unspecified atom stereocenters. The van der Waals surface area contributed by atoms with Crippen LogP contribution in [0.4, 0.5) is 0 Å². The van der Waals surface area contributed by atoms with Gasteiger partial charge in [0.05, 0.1) is 23.1 Å². The zero-order valence-corrected chi connectivity index (χ0v) is 13.1. The van der Waals surface area contributed by atoms with E-state index in [0.29, 0.717) is 25.1 Å². The van der Waals surface area contributed by atoms with Gasteiger partial charge >= 0.3 is 0 Å². The molecule has 1 aromatic heterocycles. The van der Waals surface area contributed by atoms with Crippen LogP contribution in [0, 0.1) is 12.3 Å². The first-order valence-electron chi connectivity index (χ1n) is 6.56. The lowest BCUT2D eigenvalue weighted by Gasteiger charge is -2.25. The number of nitrogens with zero attached hydrogens (tertiary/aromatic N) is 2. The van der Waals surface area contributed by atoms with Crippen molar-refractivity contribution in [3.05, 3.63) is 16.1 Å². The number of carbonyl (C=O) groups is 1. The quantitative estimate of drug-likeness (QED) is 0.763. The van der Waals surface area contributed by atoms with Crippen molar-refractivity contribution in [1.29, 1.82) is 0 Å². The maximum atomic E-state index is 12.5. The molecule has 8 heteroatoms. The van der Waals surface area contributed by atoms with E-state index in [9.17, 15) is 13.2 Å². The molecule has 1 atom stereocenters. The van der Waals surface area contributed by atoms with Crippen LogP contribution < -0.4 is 5.73 Å². The van der Waals surface area contributed by atoms with E-state index in [1.165, 1.54) is 16.2 Å². The number of amides is 1. The van der Waals surface area contributed by atoms with Gasteiger partial charge in [0.1, 0.15) is 5.69 Å². The van der Waals surface area contributed by atoms with Gasteiger partial charge < -0.3 is 10.6 Å². The molecule has 0 bridgehead atoms. The zero-order valence-electron chi connectivity index (χ0n) is 11.5. The fraction of sp³-hybridized carbons (Fsp3) is 0.538. The zero-order chi connectivity index (χ0) is 15.5. The summed E-state index contributed by atoms with van der Waals surface area (Å²) >= 11 is 1.37. The van der Waals surface area contributed by atoms with Gasteiger partial charge in [-0.25, -0.2) is 13.4 Å². The molecule has 1 aromatic rings. The fourth-order valence-electron chi connectivity index (χ4n) is 2.28. The molecule has 21 heavy (non-hydrogen) atoms. The van der Waals surface area contributed by atoms with Gasteiger partial charge in [-0.2, -0.15) is 0 Å². The topological polar surface area (TPSA) is 93.4 Å². The third kappa shape index (κ3) is 3.81. The number of terminal acetylenes is 1. The van der Waals surface area contributed by atoms with Gasteiger partial charge in [-0.3, -0.25) is 4.79 Å². The lowest BCUT2D eigenvalue weighted by molar-refractivity contribution is 0.0719. The summed E-state index contributed by atoms with van der Waals surface area (Å²) in [6, 6.07) is -0.363. The number of thiazole rings is 1. The maximum absolute atomic E-state index is 12.5. The summed E-state index contributed by atoms with van der Waals surface area (Å²) in [5.74, 6) is 2.18. The second-order valence-corrected chi connectivity index (χ2v) is 8.03. The summed E-state index contributed by atoms with van der Waals surface area (Å²) < 4.78 is 23.2. The Balaban J connectivity index is 2.17. The Morgan fingerprint density at radius 3 is 2.95 bits per heavy atom. The first-order valence-corrected chi connectivity index (χ1v) is 9.26. The van der Waals surface area contributed by atoms with Crippen LogP contribution in [0.15, 0.2) is 5.38 Å². The van der Waals surface area contributed by atoms with E-state index >= 15 is 0 Å². The third-order valence-corrected chi connectivity index (χ3v) is 5.96. The highest BCUT2D eigenvalue weighted by Gasteiger charge is 2.35. The van der Waals surface area contributed by atoms with E-state index in [1.807, 2.05) is 0 Å². The Hall–Kier alpha value is -1.43. The Labute approximate surface area is 128 Å². The van der Waals surface area contributed by atoms with Crippen molar-refractivity contribution in [2.24, 2.45) is 5.73 Å². The van der Waals surface area contributed by atoms with Gasteiger partial charge in [0, 0.05) is 17.8 Å². The second-order valence-electron chi connectivity index (χ2n) is 4.86. The highest BCUT2D eigenvalue weighted by Crippen LogP contribution is 2.20. The molecule has 0 spiro atoms. The number of rotatable bonds is 5. The summed E-state index contributed by atoms with van der Waals surface area (Å²) in [4.78, 5) is 18.2. The monoisotopic (exact) mass is 327 g/mol. The number of carbonyl (C=O) groups excluding carboxylic acids is 1. The highest BCUT2D eigenvalue weighted by atomic mass is 32.2. The molecule has 1 amide bonds. The molecule has 1 saturated heterocycles. The lowest BCUT2D eigenvalue weighted by Crippen LogP contribution is -2.41. The smallest absolute Gasteiger partial charge is 0.274 e. The van der Waals surface area contributed by atoms with Crippen molar-refractivity contribution in [1.82, 2.24) is 9.88 Å². The van der Waals surface area contributed by atoms with Gasteiger partial charge in [0.15, 0.2) is 9.84 Å². The van der Waals surface area contributed by atoms with Crippen LogP contribution in [-0.2, 0) is 16.3 Å². The van der Waals surface area contributed by atoms with E-state index in [-0.39, 0.29) is 30.0 Å². The van der Waals surface area contributed by atoms with Crippen LogP contribution in [0.3, 0.4) is 0 Å². The average molecular weight is 327 g/mol. The Bertz CT molecular complexity index is 660. The van der Waals surface area contributed by atoms with Gasteiger partial charge in [-0.1, -0.05) is 5.92 Å². The Morgan fingerprint density at radius 1 is 1.62 bits per heavy atom. The molecule has 0 radical (unpaired) electrons. The first kappa shape index (κ1) is 15.9. The average Bonchev–Trinajstić information content (AvgIpc) is 3.02. The molecule has 0 saturated carbocycles. The van der Waals surface area contributed by atoms with Crippen LogP contribution in [0.2, 0.25) is 0 Å². The number of sulfone groups is 1. The molecule has 6 nitrogen and oxygen atoms in total. The van der Waals surface area contributed by atoms with Crippen molar-refractivity contribution < 1.29 is 13.2 Å². The number of nitrogens with two attached hydrogens (primary N) is 1. The molecular weight excluding hydrogens is 310 g/mol. The van der Waals surface area contributed by atoms with Crippen molar-refractivity contribution in [2.45, 2.75) is 18.9 Å². The largest absolute Gasteiger partial charge is 0.330 e. The van der Waals surface area contributed by atoms with E-state index in [2.05, 4.69) is 10.9 Å². The van der Waals surface area contributed by atoms with Gasteiger partial charge in [0.25, 0.3) is 5.91 Å². The summed E-state index contributed by atoms with van der Waals surface area (Å²) in [5.41, 5.74) is 5.77. The second kappa shape index (κ2) is 6.56. The van der Waals surface area contributed by atoms with E-state index < -0.39 is 9.84 Å². The Kier molecular flexibility index (Phi) is 4.98. The summed E-state index contributed by atoms with van der Waals surface area (Å²) in [6.45, 7) is 0.554. The summed E-state index contributed by atoms with van der Waals surface area (Å²) in [6.07, 6.45) is 6.35. The van der Waals surface area contributed by atoms with Gasteiger partial charge in [0.2, 0.25) is 0 Å². The SMILES string of the molecule is C#CCN(C(=O)c1csc(CCN)n1)C1CCS(=O)(=O)C1. The van der Waals surface area contributed by atoms with Crippen molar-refractivity contribution in [3.8, 4) is 12.3 Å². The first-order chi connectivity index (χ1) is 9.96. The molecule has 1 aliphatic heterocycles. The molecular formula is C13H17N3O3S2. The van der Waals surface area contributed by atoms with Gasteiger partial charge in [-0.15, -0.1) is 17.8 Å². The summed E-state index contributed by atoms with van der Waals surface area (Å²) in [5, 5.41) is 2.46. The van der Waals surface area contributed by atoms with Crippen LogP contribution in [0.1, 0.15) is 21.9 Å².